The lowest BCUT2D eigenvalue weighted by molar-refractivity contribution is -0.119. The smallest absolute Gasteiger partial charge is 0.248 e. The van der Waals surface area contributed by atoms with Crippen molar-refractivity contribution < 1.29 is 4.79 Å². The second kappa shape index (κ2) is 4.27. The van der Waals surface area contributed by atoms with E-state index in [1.165, 1.54) is 0 Å². The number of carbonyl (C=O) groups excluding carboxylic acids is 1. The Kier molecular flexibility index (Phi) is 3.13. The van der Waals surface area contributed by atoms with Crippen molar-refractivity contribution in [3.8, 4) is 0 Å². The summed E-state index contributed by atoms with van der Waals surface area (Å²) in [7, 11) is 0. The van der Waals surface area contributed by atoms with Gasteiger partial charge in [-0.2, -0.15) is 0 Å². The number of anilines is 1. The zero-order valence-electron chi connectivity index (χ0n) is 8.99. The third kappa shape index (κ3) is 1.80. The molecule has 0 radical (unpaired) electrons. The maximum atomic E-state index is 12.1. The van der Waals surface area contributed by atoms with Gasteiger partial charge in [-0.25, -0.2) is 0 Å². The highest BCUT2D eigenvalue weighted by Crippen LogP contribution is 2.37. The van der Waals surface area contributed by atoms with E-state index in [9.17, 15) is 4.79 Å². The fraction of sp³-hybridized carbons (Fsp3) is 0.417. The fourth-order valence-electron chi connectivity index (χ4n) is 1.94. The van der Waals surface area contributed by atoms with Crippen LogP contribution in [-0.4, -0.2) is 23.2 Å². The standard InChI is InChI=1S/C12H13Cl2NO/c1-12(14)9(7-13)8-15(11(12)16)10-5-3-2-4-6-10/h2-6,9H,7-8H2,1H3. The van der Waals surface area contributed by atoms with Gasteiger partial charge in [-0.05, 0) is 19.1 Å². The molecule has 0 N–H and O–H groups in total. The van der Waals surface area contributed by atoms with Crippen LogP contribution in [0.3, 0.4) is 0 Å². The van der Waals surface area contributed by atoms with Crippen LogP contribution in [0.25, 0.3) is 0 Å². The largest absolute Gasteiger partial charge is 0.310 e. The van der Waals surface area contributed by atoms with Crippen LogP contribution in [0.15, 0.2) is 30.3 Å². The molecule has 2 nitrogen and oxygen atoms in total. The molecule has 0 bridgehead atoms. The third-order valence-corrected chi connectivity index (χ3v) is 3.93. The summed E-state index contributed by atoms with van der Waals surface area (Å²) in [6.45, 7) is 2.33. The third-order valence-electron chi connectivity index (χ3n) is 3.09. The van der Waals surface area contributed by atoms with Gasteiger partial charge in [-0.15, -0.1) is 23.2 Å². The molecule has 1 saturated heterocycles. The maximum absolute atomic E-state index is 12.1. The summed E-state index contributed by atoms with van der Waals surface area (Å²) < 4.78 is 0. The molecule has 0 aromatic heterocycles. The number of rotatable bonds is 2. The normalized spacial score (nSPS) is 29.8. The van der Waals surface area contributed by atoms with Crippen LogP contribution < -0.4 is 4.90 Å². The predicted octanol–water partition coefficient (Wildman–Crippen LogP) is 2.89. The number of nitrogens with zero attached hydrogens (tertiary/aromatic N) is 1. The Balaban J connectivity index is 2.30. The molecule has 1 heterocycles. The summed E-state index contributed by atoms with van der Waals surface area (Å²) >= 11 is 12.1. The lowest BCUT2D eigenvalue weighted by atomic mass is 9.99. The first-order valence-corrected chi connectivity index (χ1v) is 6.10. The van der Waals surface area contributed by atoms with Gasteiger partial charge in [0.1, 0.15) is 4.87 Å². The van der Waals surface area contributed by atoms with Crippen LogP contribution in [0.4, 0.5) is 5.69 Å². The number of hydrogen-bond acceptors (Lipinski definition) is 1. The van der Waals surface area contributed by atoms with Crippen molar-refractivity contribution in [3.63, 3.8) is 0 Å². The number of para-hydroxylation sites is 1. The zero-order chi connectivity index (χ0) is 11.8. The molecule has 1 fully saturated rings. The van der Waals surface area contributed by atoms with Gasteiger partial charge in [-0.3, -0.25) is 4.79 Å². The van der Waals surface area contributed by atoms with E-state index in [1.54, 1.807) is 11.8 Å². The van der Waals surface area contributed by atoms with E-state index >= 15 is 0 Å². The molecular formula is C12H13Cl2NO. The molecule has 0 saturated carbocycles. The van der Waals surface area contributed by atoms with Gasteiger partial charge >= 0.3 is 0 Å². The summed E-state index contributed by atoms with van der Waals surface area (Å²) in [4.78, 5) is 13.0. The zero-order valence-corrected chi connectivity index (χ0v) is 10.5. The topological polar surface area (TPSA) is 20.3 Å². The predicted molar refractivity (Wildman–Crippen MR) is 67.3 cm³/mol. The Hall–Kier alpha value is -0.730. The van der Waals surface area contributed by atoms with Crippen molar-refractivity contribution in [2.24, 2.45) is 5.92 Å². The quantitative estimate of drug-likeness (QED) is 0.747. The lowest BCUT2D eigenvalue weighted by Gasteiger charge is -2.19. The van der Waals surface area contributed by atoms with Gasteiger partial charge < -0.3 is 4.90 Å². The Morgan fingerprint density at radius 2 is 2.06 bits per heavy atom. The minimum atomic E-state index is -0.877. The van der Waals surface area contributed by atoms with Gasteiger partial charge in [0.2, 0.25) is 5.91 Å². The van der Waals surface area contributed by atoms with Crippen molar-refractivity contribution in [2.45, 2.75) is 11.8 Å². The molecule has 2 rings (SSSR count). The lowest BCUT2D eigenvalue weighted by Crippen LogP contribution is -2.35. The van der Waals surface area contributed by atoms with Crippen LogP contribution in [0.5, 0.6) is 0 Å². The monoisotopic (exact) mass is 257 g/mol. The number of alkyl halides is 2. The second-order valence-electron chi connectivity index (χ2n) is 4.18. The summed E-state index contributed by atoms with van der Waals surface area (Å²) in [6.07, 6.45) is 0. The minimum Gasteiger partial charge on any atom is -0.310 e. The van der Waals surface area contributed by atoms with E-state index in [0.717, 1.165) is 5.69 Å². The van der Waals surface area contributed by atoms with Crippen molar-refractivity contribution in [3.05, 3.63) is 30.3 Å². The van der Waals surface area contributed by atoms with Crippen LogP contribution >= 0.6 is 23.2 Å². The summed E-state index contributed by atoms with van der Waals surface area (Å²) in [5.41, 5.74) is 0.881. The second-order valence-corrected chi connectivity index (χ2v) is 5.27. The Morgan fingerprint density at radius 3 is 2.56 bits per heavy atom. The molecular weight excluding hydrogens is 245 g/mol. The molecule has 1 aliphatic rings. The molecule has 4 heteroatoms. The average Bonchev–Trinajstić information content (AvgIpc) is 2.52. The van der Waals surface area contributed by atoms with E-state index < -0.39 is 4.87 Å². The first-order chi connectivity index (χ1) is 7.57. The molecule has 86 valence electrons. The van der Waals surface area contributed by atoms with Gasteiger partial charge in [0.25, 0.3) is 0 Å². The van der Waals surface area contributed by atoms with E-state index in [2.05, 4.69) is 0 Å². The van der Waals surface area contributed by atoms with Gasteiger partial charge in [0, 0.05) is 24.0 Å². The van der Waals surface area contributed by atoms with Crippen molar-refractivity contribution >= 4 is 34.8 Å². The first kappa shape index (κ1) is 11.7. The summed E-state index contributed by atoms with van der Waals surface area (Å²) in [6, 6.07) is 9.54. The molecule has 1 amide bonds. The minimum absolute atomic E-state index is 0.0106. The van der Waals surface area contributed by atoms with Crippen LogP contribution in [0.1, 0.15) is 6.92 Å². The Labute approximate surface area is 105 Å². The highest BCUT2D eigenvalue weighted by atomic mass is 35.5. The highest BCUT2D eigenvalue weighted by Gasteiger charge is 2.49. The van der Waals surface area contributed by atoms with Gasteiger partial charge in [0.05, 0.1) is 0 Å². The fourth-order valence-corrected chi connectivity index (χ4v) is 2.67. The van der Waals surface area contributed by atoms with Crippen molar-refractivity contribution in [1.82, 2.24) is 0 Å². The molecule has 1 aromatic carbocycles. The first-order valence-electron chi connectivity index (χ1n) is 5.19. The SMILES string of the molecule is CC1(Cl)C(=O)N(c2ccccc2)CC1CCl. The molecule has 1 aliphatic heterocycles. The molecule has 2 atom stereocenters. The van der Waals surface area contributed by atoms with Crippen LogP contribution in [0, 0.1) is 5.92 Å². The van der Waals surface area contributed by atoms with Gasteiger partial charge in [0.15, 0.2) is 0 Å². The molecule has 16 heavy (non-hydrogen) atoms. The highest BCUT2D eigenvalue weighted by molar-refractivity contribution is 6.38. The molecule has 1 aromatic rings. The molecule has 0 aliphatic carbocycles. The number of amides is 1. The summed E-state index contributed by atoms with van der Waals surface area (Å²) in [5, 5.41) is 0. The van der Waals surface area contributed by atoms with E-state index in [1.807, 2.05) is 30.3 Å². The number of hydrogen-bond donors (Lipinski definition) is 0. The van der Waals surface area contributed by atoms with E-state index in [4.69, 9.17) is 23.2 Å². The van der Waals surface area contributed by atoms with E-state index in [-0.39, 0.29) is 11.8 Å². The number of carbonyl (C=O) groups is 1. The van der Waals surface area contributed by atoms with Crippen molar-refractivity contribution in [1.29, 1.82) is 0 Å². The molecule has 2 unspecified atom stereocenters. The summed E-state index contributed by atoms with van der Waals surface area (Å²) in [5.74, 6) is 0.323. The van der Waals surface area contributed by atoms with Gasteiger partial charge in [-0.1, -0.05) is 18.2 Å². The average molecular weight is 258 g/mol. The Bertz CT molecular complexity index is 391. The Morgan fingerprint density at radius 1 is 1.44 bits per heavy atom. The number of benzene rings is 1. The van der Waals surface area contributed by atoms with Crippen LogP contribution in [0.2, 0.25) is 0 Å². The van der Waals surface area contributed by atoms with E-state index in [0.29, 0.717) is 12.4 Å². The van der Waals surface area contributed by atoms with Crippen molar-refractivity contribution in [2.75, 3.05) is 17.3 Å². The number of halogens is 2. The van der Waals surface area contributed by atoms with Crippen LogP contribution in [-0.2, 0) is 4.79 Å². The molecule has 0 spiro atoms. The maximum Gasteiger partial charge on any atom is 0.248 e.